The maximum absolute atomic E-state index is 11.0. The van der Waals surface area contributed by atoms with Crippen molar-refractivity contribution in [1.82, 2.24) is 0 Å². The monoisotopic (exact) mass is 512 g/mol. The molecule has 0 aromatic heterocycles. The zero-order chi connectivity index (χ0) is 26.9. The van der Waals surface area contributed by atoms with Crippen LogP contribution >= 0.6 is 0 Å². The van der Waals surface area contributed by atoms with E-state index in [4.69, 9.17) is 44.1 Å². The lowest BCUT2D eigenvalue weighted by Crippen LogP contribution is -2.47. The molecule has 2 heterocycles. The number of carboxylic acids is 1. The van der Waals surface area contributed by atoms with Gasteiger partial charge in [-0.25, -0.2) is 4.79 Å². The molecule has 0 spiro atoms. The molecule has 0 bridgehead atoms. The zero-order valence-electron chi connectivity index (χ0n) is 20.0. The lowest BCUT2D eigenvalue weighted by Gasteiger charge is -2.39. The first-order valence-corrected chi connectivity index (χ1v) is 10.8. The van der Waals surface area contributed by atoms with Gasteiger partial charge in [-0.05, 0) is 36.4 Å². The van der Waals surface area contributed by atoms with Gasteiger partial charge >= 0.3 is 5.97 Å². The largest absolute Gasteiger partial charge is 0.504 e. The Balaban J connectivity index is 0.000000225. The van der Waals surface area contributed by atoms with E-state index in [0.717, 1.165) is 17.7 Å². The molecule has 3 aromatic rings. The number of rotatable bonds is 4. The van der Waals surface area contributed by atoms with Crippen molar-refractivity contribution in [2.75, 3.05) is 27.9 Å². The minimum Gasteiger partial charge on any atom is -0.504 e. The molecule has 1 unspecified atom stereocenters. The molecular weight excluding hydrogens is 488 g/mol. The Kier molecular flexibility index (Phi) is 6.64. The topological polar surface area (TPSA) is 164 Å². The highest BCUT2D eigenvalue weighted by atomic mass is 16.7. The van der Waals surface area contributed by atoms with Crippen molar-refractivity contribution in [3.05, 3.63) is 59.2 Å². The van der Waals surface area contributed by atoms with Crippen LogP contribution in [0.1, 0.15) is 21.5 Å². The Bertz CT molecular complexity index is 1370. The van der Waals surface area contributed by atoms with Crippen LogP contribution in [0.4, 0.5) is 0 Å². The van der Waals surface area contributed by atoms with Crippen LogP contribution in [0, 0.1) is 0 Å². The predicted octanol–water partition coefficient (Wildman–Crippen LogP) is 3.23. The first kappa shape index (κ1) is 25.3. The smallest absolute Gasteiger partial charge is 0.335 e. The van der Waals surface area contributed by atoms with Crippen molar-refractivity contribution in [3.8, 4) is 46.0 Å². The van der Waals surface area contributed by atoms with Gasteiger partial charge in [-0.1, -0.05) is 0 Å². The molecule has 0 fully saturated rings. The van der Waals surface area contributed by atoms with Crippen molar-refractivity contribution in [2.24, 2.45) is 0 Å². The number of ether oxygens (including phenoxy) is 5. The van der Waals surface area contributed by atoms with Gasteiger partial charge in [0.05, 0.1) is 26.9 Å². The SMILES string of the molecule is COc1ccc2c(c1)OC1(O)COc3cc(OC)c(OC)cc3C1=C2.O=C(O)c1cc(O)c(O)c(O)c1. The lowest BCUT2D eigenvalue weighted by molar-refractivity contribution is -0.116. The number of phenols is 3. The first-order valence-electron chi connectivity index (χ1n) is 10.8. The van der Waals surface area contributed by atoms with Crippen LogP contribution in [0.3, 0.4) is 0 Å². The fourth-order valence-corrected chi connectivity index (χ4v) is 3.84. The molecule has 5 N–H and O–H groups in total. The molecule has 194 valence electrons. The second-order valence-corrected chi connectivity index (χ2v) is 8.01. The summed E-state index contributed by atoms with van der Waals surface area (Å²) in [4.78, 5) is 10.3. The van der Waals surface area contributed by atoms with Crippen LogP contribution in [-0.2, 0) is 0 Å². The summed E-state index contributed by atoms with van der Waals surface area (Å²) < 4.78 is 27.5. The van der Waals surface area contributed by atoms with Crippen molar-refractivity contribution >= 4 is 17.6 Å². The molecule has 1 atom stereocenters. The Morgan fingerprint density at radius 1 is 0.892 bits per heavy atom. The number of phenolic OH excluding ortho intramolecular Hbond substituents is 3. The third-order valence-electron chi connectivity index (χ3n) is 5.74. The molecule has 0 aliphatic carbocycles. The lowest BCUT2D eigenvalue weighted by atomic mass is 9.90. The number of hydrogen-bond donors (Lipinski definition) is 5. The Morgan fingerprint density at radius 3 is 2.14 bits per heavy atom. The summed E-state index contributed by atoms with van der Waals surface area (Å²) in [5.41, 5.74) is 1.88. The summed E-state index contributed by atoms with van der Waals surface area (Å²) in [5, 5.41) is 46.0. The number of hydrogen-bond acceptors (Lipinski definition) is 10. The van der Waals surface area contributed by atoms with Gasteiger partial charge in [-0.15, -0.1) is 0 Å². The highest BCUT2D eigenvalue weighted by Gasteiger charge is 2.44. The van der Waals surface area contributed by atoms with E-state index in [1.165, 1.54) is 0 Å². The summed E-state index contributed by atoms with van der Waals surface area (Å²) in [6.07, 6.45) is 1.89. The third kappa shape index (κ3) is 4.71. The van der Waals surface area contributed by atoms with Crippen molar-refractivity contribution in [2.45, 2.75) is 5.79 Å². The quantitative estimate of drug-likeness (QED) is 0.326. The second kappa shape index (κ2) is 9.70. The van der Waals surface area contributed by atoms with Gasteiger partial charge in [0.2, 0.25) is 0 Å². The number of aromatic carboxylic acids is 1. The fraction of sp³-hybridized carbons (Fsp3) is 0.192. The molecule has 0 saturated carbocycles. The Morgan fingerprint density at radius 2 is 1.54 bits per heavy atom. The number of methoxy groups -OCH3 is 3. The number of aliphatic hydroxyl groups is 1. The van der Waals surface area contributed by atoms with Crippen molar-refractivity contribution < 1.29 is 54.0 Å². The number of aromatic hydroxyl groups is 3. The van der Waals surface area contributed by atoms with Gasteiger partial charge < -0.3 is 49.2 Å². The van der Waals surface area contributed by atoms with Gasteiger partial charge in [-0.2, -0.15) is 0 Å². The van der Waals surface area contributed by atoms with Gasteiger partial charge in [0.1, 0.15) is 17.2 Å². The van der Waals surface area contributed by atoms with E-state index in [0.29, 0.717) is 39.9 Å². The molecule has 37 heavy (non-hydrogen) atoms. The van der Waals surface area contributed by atoms with Crippen LogP contribution < -0.4 is 23.7 Å². The van der Waals surface area contributed by atoms with Crippen LogP contribution in [0.2, 0.25) is 0 Å². The minimum absolute atomic E-state index is 0.0298. The first-order chi connectivity index (χ1) is 17.6. The summed E-state index contributed by atoms with van der Waals surface area (Å²) in [7, 11) is 4.71. The number of carboxylic acid groups (broad SMARTS) is 1. The molecule has 0 amide bonds. The van der Waals surface area contributed by atoms with E-state index in [-0.39, 0.29) is 12.2 Å². The summed E-state index contributed by atoms with van der Waals surface area (Å²) >= 11 is 0. The van der Waals surface area contributed by atoms with Gasteiger partial charge in [0, 0.05) is 28.8 Å². The van der Waals surface area contributed by atoms with E-state index in [1.54, 1.807) is 39.5 Å². The number of carbonyl (C=O) groups is 1. The van der Waals surface area contributed by atoms with Gasteiger partial charge in [0.15, 0.2) is 35.4 Å². The molecule has 0 saturated heterocycles. The van der Waals surface area contributed by atoms with E-state index < -0.39 is 29.0 Å². The number of benzene rings is 3. The normalized spacial score (nSPS) is 16.7. The Hall–Kier alpha value is -4.77. The maximum atomic E-state index is 11.0. The standard InChI is InChI=1S/C19H18O6.C7H6O5/c1-21-12-5-4-11-6-14-13-8-17(22-2)18(23-3)9-16(13)24-10-19(14,20)25-15(11)7-12;8-4-1-3(7(11)12)2-5(9)6(4)10/h4-9,20H,10H2,1-3H3;1-2,8-10H,(H,11,12). The van der Waals surface area contributed by atoms with Crippen molar-refractivity contribution in [3.63, 3.8) is 0 Å². The summed E-state index contributed by atoms with van der Waals surface area (Å²) in [6, 6.07) is 10.7. The molecule has 11 heteroatoms. The predicted molar refractivity (Wildman–Crippen MR) is 130 cm³/mol. The van der Waals surface area contributed by atoms with Crippen LogP contribution in [0.25, 0.3) is 11.6 Å². The van der Waals surface area contributed by atoms with Crippen molar-refractivity contribution in [1.29, 1.82) is 0 Å². The van der Waals surface area contributed by atoms with Crippen LogP contribution in [0.15, 0.2) is 42.5 Å². The fourth-order valence-electron chi connectivity index (χ4n) is 3.84. The highest BCUT2D eigenvalue weighted by Crippen LogP contribution is 2.49. The molecule has 2 aliphatic rings. The van der Waals surface area contributed by atoms with Crippen LogP contribution in [-0.4, -0.2) is 65.2 Å². The average molecular weight is 512 g/mol. The zero-order valence-corrected chi connectivity index (χ0v) is 20.0. The summed E-state index contributed by atoms with van der Waals surface area (Å²) in [6.45, 7) is -0.0298. The highest BCUT2D eigenvalue weighted by molar-refractivity contribution is 5.92. The van der Waals surface area contributed by atoms with E-state index >= 15 is 0 Å². The maximum Gasteiger partial charge on any atom is 0.335 e. The molecule has 0 radical (unpaired) electrons. The second-order valence-electron chi connectivity index (χ2n) is 8.01. The van der Waals surface area contributed by atoms with E-state index in [2.05, 4.69) is 0 Å². The molecule has 2 aliphatic heterocycles. The van der Waals surface area contributed by atoms with E-state index in [1.807, 2.05) is 18.2 Å². The molecule has 3 aromatic carbocycles. The molecule has 11 nitrogen and oxygen atoms in total. The Labute approximate surface area is 210 Å². The molecular formula is C26H24O11. The minimum atomic E-state index is -1.58. The van der Waals surface area contributed by atoms with Crippen LogP contribution in [0.5, 0.6) is 46.0 Å². The van der Waals surface area contributed by atoms with E-state index in [9.17, 15) is 9.90 Å². The third-order valence-corrected chi connectivity index (χ3v) is 5.74. The molecule has 5 rings (SSSR count). The van der Waals surface area contributed by atoms with Gasteiger partial charge in [0.25, 0.3) is 5.79 Å². The number of fused-ring (bicyclic) bond motifs is 4. The van der Waals surface area contributed by atoms with Gasteiger partial charge in [-0.3, -0.25) is 0 Å². The average Bonchev–Trinajstić information content (AvgIpc) is 2.89. The summed E-state index contributed by atoms with van der Waals surface area (Å²) in [5.74, 6) is -1.99.